The molecule has 0 radical (unpaired) electrons. The van der Waals surface area contributed by atoms with Crippen molar-refractivity contribution in [1.82, 2.24) is 30.3 Å². The highest BCUT2D eigenvalue weighted by Crippen LogP contribution is 2.29. The molecule has 0 aliphatic rings. The predicted molar refractivity (Wildman–Crippen MR) is 75.0 cm³/mol. The number of H-pyrrole nitrogens is 1. The standard InChI is InChI=1S/C12H20N6S/c1-8-9(6-14-12(2,3)4)10(18(5)17-8)19-11-13-7-15-16-11/h7,14H,6H2,1-5H3,(H,13,15,16). The molecule has 7 heteroatoms. The van der Waals surface area contributed by atoms with E-state index in [1.165, 1.54) is 11.9 Å². The summed E-state index contributed by atoms with van der Waals surface area (Å²) in [5.74, 6) is 0. The third kappa shape index (κ3) is 3.57. The summed E-state index contributed by atoms with van der Waals surface area (Å²) >= 11 is 1.55. The number of nitrogens with one attached hydrogen (secondary N) is 2. The van der Waals surface area contributed by atoms with E-state index < -0.39 is 0 Å². The predicted octanol–water partition coefficient (Wildman–Crippen LogP) is 1.89. The Bertz CT molecular complexity index is 537. The van der Waals surface area contributed by atoms with Crippen molar-refractivity contribution in [1.29, 1.82) is 0 Å². The maximum absolute atomic E-state index is 4.49. The Kier molecular flexibility index (Phi) is 3.96. The molecule has 0 unspecified atom stereocenters. The van der Waals surface area contributed by atoms with Crippen LogP contribution in [0.3, 0.4) is 0 Å². The molecule has 104 valence electrons. The lowest BCUT2D eigenvalue weighted by Crippen LogP contribution is -2.35. The van der Waals surface area contributed by atoms with Gasteiger partial charge in [0.1, 0.15) is 11.4 Å². The molecule has 2 rings (SSSR count). The minimum absolute atomic E-state index is 0.0798. The quantitative estimate of drug-likeness (QED) is 0.895. The fourth-order valence-corrected chi connectivity index (χ4v) is 2.60. The van der Waals surface area contributed by atoms with E-state index >= 15 is 0 Å². The Balaban J connectivity index is 2.22. The first kappa shape index (κ1) is 14.1. The molecule has 0 aromatic carbocycles. The van der Waals surface area contributed by atoms with Gasteiger partial charge in [-0.1, -0.05) is 0 Å². The Hall–Kier alpha value is -1.34. The number of rotatable bonds is 4. The maximum atomic E-state index is 4.49. The molecule has 0 aliphatic heterocycles. The van der Waals surface area contributed by atoms with Gasteiger partial charge in [-0.3, -0.25) is 9.78 Å². The van der Waals surface area contributed by atoms with E-state index in [9.17, 15) is 0 Å². The van der Waals surface area contributed by atoms with Gasteiger partial charge in [-0.2, -0.15) is 10.2 Å². The molecular formula is C12H20N6S. The van der Waals surface area contributed by atoms with Crippen molar-refractivity contribution in [3.8, 4) is 0 Å². The zero-order valence-corrected chi connectivity index (χ0v) is 12.8. The summed E-state index contributed by atoms with van der Waals surface area (Å²) in [5, 5.41) is 16.6. The van der Waals surface area contributed by atoms with E-state index in [1.54, 1.807) is 11.8 Å². The van der Waals surface area contributed by atoms with E-state index in [-0.39, 0.29) is 5.54 Å². The zero-order valence-electron chi connectivity index (χ0n) is 12.0. The third-order valence-corrected chi connectivity index (χ3v) is 3.76. The summed E-state index contributed by atoms with van der Waals surface area (Å²) in [6, 6.07) is 0. The van der Waals surface area contributed by atoms with Gasteiger partial charge in [0.2, 0.25) is 0 Å². The summed E-state index contributed by atoms with van der Waals surface area (Å²) < 4.78 is 1.89. The van der Waals surface area contributed by atoms with Crippen molar-refractivity contribution in [2.24, 2.45) is 7.05 Å². The van der Waals surface area contributed by atoms with Crippen LogP contribution >= 0.6 is 11.8 Å². The molecular weight excluding hydrogens is 260 g/mol. The van der Waals surface area contributed by atoms with Crippen molar-refractivity contribution in [2.75, 3.05) is 0 Å². The second-order valence-corrected chi connectivity index (χ2v) is 6.47. The minimum atomic E-state index is 0.0798. The molecule has 2 aromatic heterocycles. The number of nitrogens with zero attached hydrogens (tertiary/aromatic N) is 4. The van der Waals surface area contributed by atoms with Crippen LogP contribution in [-0.4, -0.2) is 30.5 Å². The largest absolute Gasteiger partial charge is 0.308 e. The topological polar surface area (TPSA) is 71.4 Å². The molecule has 0 saturated heterocycles. The summed E-state index contributed by atoms with van der Waals surface area (Å²) in [5.41, 5.74) is 2.33. The Morgan fingerprint density at radius 2 is 2.16 bits per heavy atom. The van der Waals surface area contributed by atoms with Crippen LogP contribution in [-0.2, 0) is 13.6 Å². The van der Waals surface area contributed by atoms with E-state index in [2.05, 4.69) is 46.4 Å². The molecule has 0 bridgehead atoms. The third-order valence-electron chi connectivity index (χ3n) is 2.67. The molecule has 0 saturated carbocycles. The average molecular weight is 280 g/mol. The minimum Gasteiger partial charge on any atom is -0.308 e. The van der Waals surface area contributed by atoms with Crippen LogP contribution in [0, 0.1) is 6.92 Å². The number of aromatic nitrogens is 5. The average Bonchev–Trinajstić information content (AvgIpc) is 2.86. The lowest BCUT2D eigenvalue weighted by Gasteiger charge is -2.20. The summed E-state index contributed by atoms with van der Waals surface area (Å²) in [6.45, 7) is 9.29. The molecule has 0 aliphatic carbocycles. The highest BCUT2D eigenvalue weighted by atomic mass is 32.2. The molecule has 2 aromatic rings. The van der Waals surface area contributed by atoms with E-state index in [4.69, 9.17) is 0 Å². The van der Waals surface area contributed by atoms with E-state index in [0.717, 1.165) is 22.4 Å². The Labute approximate surface area is 117 Å². The van der Waals surface area contributed by atoms with Crippen LogP contribution < -0.4 is 5.32 Å². The van der Waals surface area contributed by atoms with Crippen LogP contribution in [0.4, 0.5) is 0 Å². The fourth-order valence-electron chi connectivity index (χ4n) is 1.70. The summed E-state index contributed by atoms with van der Waals surface area (Å²) in [7, 11) is 1.95. The molecule has 0 amide bonds. The monoisotopic (exact) mass is 280 g/mol. The lowest BCUT2D eigenvalue weighted by atomic mass is 10.1. The second-order valence-electron chi connectivity index (χ2n) is 5.49. The molecule has 0 spiro atoms. The second kappa shape index (κ2) is 5.34. The molecule has 0 fully saturated rings. The van der Waals surface area contributed by atoms with Gasteiger partial charge in [0, 0.05) is 24.7 Å². The first-order valence-electron chi connectivity index (χ1n) is 6.17. The van der Waals surface area contributed by atoms with Gasteiger partial charge < -0.3 is 5.32 Å². The van der Waals surface area contributed by atoms with Gasteiger partial charge in [-0.25, -0.2) is 4.98 Å². The number of aromatic amines is 1. The Morgan fingerprint density at radius 3 is 2.74 bits per heavy atom. The van der Waals surface area contributed by atoms with Crippen molar-refractivity contribution < 1.29 is 0 Å². The van der Waals surface area contributed by atoms with Gasteiger partial charge in [-0.05, 0) is 39.5 Å². The normalized spacial score (nSPS) is 12.1. The zero-order chi connectivity index (χ0) is 14.0. The van der Waals surface area contributed by atoms with Crippen LogP contribution in [0.15, 0.2) is 16.5 Å². The van der Waals surface area contributed by atoms with Crippen LogP contribution in [0.5, 0.6) is 0 Å². The van der Waals surface area contributed by atoms with Crippen LogP contribution in [0.25, 0.3) is 0 Å². The van der Waals surface area contributed by atoms with Gasteiger partial charge in [0.15, 0.2) is 5.16 Å². The lowest BCUT2D eigenvalue weighted by molar-refractivity contribution is 0.421. The first-order valence-corrected chi connectivity index (χ1v) is 6.99. The van der Waals surface area contributed by atoms with Crippen molar-refractivity contribution in [3.63, 3.8) is 0 Å². The van der Waals surface area contributed by atoms with Crippen molar-refractivity contribution in [2.45, 2.75) is 50.0 Å². The van der Waals surface area contributed by atoms with Gasteiger partial charge in [-0.15, -0.1) is 0 Å². The molecule has 6 nitrogen and oxygen atoms in total. The SMILES string of the molecule is Cc1nn(C)c(Sc2ncn[nH]2)c1CNC(C)(C)C. The molecule has 2 N–H and O–H groups in total. The maximum Gasteiger partial charge on any atom is 0.189 e. The number of hydrogen-bond donors (Lipinski definition) is 2. The summed E-state index contributed by atoms with van der Waals surface area (Å²) in [6.07, 6.45) is 1.51. The Morgan fingerprint density at radius 1 is 1.42 bits per heavy atom. The molecule has 0 atom stereocenters. The van der Waals surface area contributed by atoms with Crippen molar-refractivity contribution in [3.05, 3.63) is 17.6 Å². The van der Waals surface area contributed by atoms with E-state index in [0.29, 0.717) is 0 Å². The van der Waals surface area contributed by atoms with Crippen LogP contribution in [0.2, 0.25) is 0 Å². The highest BCUT2D eigenvalue weighted by Gasteiger charge is 2.18. The van der Waals surface area contributed by atoms with Gasteiger partial charge in [0.05, 0.1) is 5.69 Å². The molecule has 19 heavy (non-hydrogen) atoms. The van der Waals surface area contributed by atoms with Gasteiger partial charge in [0.25, 0.3) is 0 Å². The van der Waals surface area contributed by atoms with Crippen LogP contribution in [0.1, 0.15) is 32.0 Å². The first-order chi connectivity index (χ1) is 8.87. The van der Waals surface area contributed by atoms with Crippen molar-refractivity contribution >= 4 is 11.8 Å². The number of aryl methyl sites for hydroxylation is 2. The van der Waals surface area contributed by atoms with E-state index in [1.807, 2.05) is 18.7 Å². The fraction of sp³-hybridized carbons (Fsp3) is 0.583. The molecule has 2 heterocycles. The van der Waals surface area contributed by atoms with Gasteiger partial charge >= 0.3 is 0 Å². The highest BCUT2D eigenvalue weighted by molar-refractivity contribution is 7.99. The smallest absolute Gasteiger partial charge is 0.189 e. The number of hydrogen-bond acceptors (Lipinski definition) is 5. The summed E-state index contributed by atoms with van der Waals surface area (Å²) in [4.78, 5) is 4.15.